The van der Waals surface area contributed by atoms with E-state index in [-0.39, 0.29) is 11.2 Å². The third kappa shape index (κ3) is 3.79. The normalized spacial score (nSPS) is 12.0. The molecule has 0 saturated carbocycles. The fourth-order valence-electron chi connectivity index (χ4n) is 2.15. The van der Waals surface area contributed by atoms with Crippen molar-refractivity contribution in [3.05, 3.63) is 23.8 Å². The zero-order chi connectivity index (χ0) is 15.6. The molecule has 1 N–H and O–H groups in total. The van der Waals surface area contributed by atoms with E-state index >= 15 is 0 Å². The Balaban J connectivity index is 2.46. The van der Waals surface area contributed by atoms with Crippen LogP contribution >= 0.6 is 11.8 Å². The van der Waals surface area contributed by atoms with Crippen LogP contribution in [0.1, 0.15) is 32.8 Å². The number of imidazole rings is 1. The number of carboxylic acids is 1. The number of nitrogens with zero attached hydrogens (tertiary/aromatic N) is 2. The van der Waals surface area contributed by atoms with E-state index in [0.29, 0.717) is 0 Å². The van der Waals surface area contributed by atoms with Crippen LogP contribution in [-0.2, 0) is 11.3 Å². The molecule has 0 atom stereocenters. The van der Waals surface area contributed by atoms with E-state index < -0.39 is 5.97 Å². The predicted octanol–water partition coefficient (Wildman–Crippen LogP) is 3.96. The van der Waals surface area contributed by atoms with Gasteiger partial charge in [-0.3, -0.25) is 4.79 Å². The monoisotopic (exact) mass is 306 g/mol. The highest BCUT2D eigenvalue weighted by Gasteiger charge is 2.21. The van der Waals surface area contributed by atoms with Gasteiger partial charge >= 0.3 is 5.97 Å². The lowest BCUT2D eigenvalue weighted by Gasteiger charge is -2.24. The molecule has 114 valence electrons. The number of aliphatic carboxylic acids is 1. The van der Waals surface area contributed by atoms with E-state index in [9.17, 15) is 4.79 Å². The molecule has 2 rings (SSSR count). The average Bonchev–Trinajstić information content (AvgIpc) is 2.73. The second kappa shape index (κ2) is 6.10. The molecule has 0 amide bonds. The van der Waals surface area contributed by atoms with Gasteiger partial charge in [0, 0.05) is 6.54 Å². The maximum Gasteiger partial charge on any atom is 0.313 e. The summed E-state index contributed by atoms with van der Waals surface area (Å²) in [7, 11) is 0. The number of aromatic nitrogens is 2. The number of hydrogen-bond acceptors (Lipinski definition) is 3. The van der Waals surface area contributed by atoms with Gasteiger partial charge in [-0.15, -0.1) is 0 Å². The van der Waals surface area contributed by atoms with Crippen LogP contribution in [0.3, 0.4) is 0 Å². The topological polar surface area (TPSA) is 55.1 Å². The van der Waals surface area contributed by atoms with Gasteiger partial charge in [-0.25, -0.2) is 4.98 Å². The number of aryl methyl sites for hydroxylation is 1. The van der Waals surface area contributed by atoms with Crippen molar-refractivity contribution in [2.75, 3.05) is 5.75 Å². The lowest BCUT2D eigenvalue weighted by molar-refractivity contribution is -0.133. The minimum atomic E-state index is -0.815. The van der Waals surface area contributed by atoms with Gasteiger partial charge in [-0.2, -0.15) is 0 Å². The lowest BCUT2D eigenvalue weighted by Crippen LogP contribution is -2.19. The van der Waals surface area contributed by atoms with Crippen LogP contribution in [0.4, 0.5) is 0 Å². The Labute approximate surface area is 129 Å². The molecule has 0 saturated heterocycles. The molecule has 0 radical (unpaired) electrons. The molecule has 0 spiro atoms. The molecule has 21 heavy (non-hydrogen) atoms. The standard InChI is InChI=1S/C16H22N2O2S/c1-5-16(3,4)10-18-13-7-6-11(2)8-12(13)17-15(18)21-9-14(19)20/h6-8H,5,9-10H2,1-4H3,(H,19,20). The number of fused-ring (bicyclic) bond motifs is 1. The van der Waals surface area contributed by atoms with Crippen LogP contribution in [0.15, 0.2) is 23.4 Å². The van der Waals surface area contributed by atoms with Crippen LogP contribution in [0.25, 0.3) is 11.0 Å². The quantitative estimate of drug-likeness (QED) is 0.821. The third-order valence-corrected chi connectivity index (χ3v) is 4.70. The van der Waals surface area contributed by atoms with Gasteiger partial charge in [0.05, 0.1) is 16.8 Å². The van der Waals surface area contributed by atoms with Crippen LogP contribution in [0.5, 0.6) is 0 Å². The molecule has 1 heterocycles. The molecular weight excluding hydrogens is 284 g/mol. The summed E-state index contributed by atoms with van der Waals surface area (Å²) >= 11 is 1.29. The number of carboxylic acid groups (broad SMARTS) is 1. The smallest absolute Gasteiger partial charge is 0.313 e. The van der Waals surface area contributed by atoms with Crippen molar-refractivity contribution in [1.82, 2.24) is 9.55 Å². The molecule has 0 aliphatic heterocycles. The molecule has 0 unspecified atom stereocenters. The summed E-state index contributed by atoms with van der Waals surface area (Å²) in [4.78, 5) is 15.5. The summed E-state index contributed by atoms with van der Waals surface area (Å²) < 4.78 is 2.16. The Morgan fingerprint density at radius 2 is 2.14 bits per heavy atom. The molecule has 2 aromatic rings. The van der Waals surface area contributed by atoms with Crippen molar-refractivity contribution >= 4 is 28.8 Å². The van der Waals surface area contributed by atoms with E-state index in [2.05, 4.69) is 48.5 Å². The average molecular weight is 306 g/mol. The summed E-state index contributed by atoms with van der Waals surface area (Å²) in [6, 6.07) is 6.20. The van der Waals surface area contributed by atoms with Crippen molar-refractivity contribution < 1.29 is 9.90 Å². The Bertz CT molecular complexity index is 662. The Morgan fingerprint density at radius 3 is 2.76 bits per heavy atom. The number of hydrogen-bond donors (Lipinski definition) is 1. The van der Waals surface area contributed by atoms with E-state index in [4.69, 9.17) is 5.11 Å². The van der Waals surface area contributed by atoms with Crippen LogP contribution in [0, 0.1) is 12.3 Å². The number of thioether (sulfide) groups is 1. The minimum absolute atomic E-state index is 0.0366. The summed E-state index contributed by atoms with van der Waals surface area (Å²) in [5.41, 5.74) is 3.33. The van der Waals surface area contributed by atoms with Crippen LogP contribution in [-0.4, -0.2) is 26.4 Å². The van der Waals surface area contributed by atoms with E-state index in [1.807, 2.05) is 6.92 Å². The number of carbonyl (C=O) groups is 1. The van der Waals surface area contributed by atoms with Crippen molar-refractivity contribution in [3.63, 3.8) is 0 Å². The largest absolute Gasteiger partial charge is 0.481 e. The maximum absolute atomic E-state index is 10.8. The van der Waals surface area contributed by atoms with Gasteiger partial charge in [-0.1, -0.05) is 38.6 Å². The molecule has 1 aromatic heterocycles. The lowest BCUT2D eigenvalue weighted by atomic mass is 9.90. The van der Waals surface area contributed by atoms with Gasteiger partial charge in [-0.05, 0) is 36.5 Å². The Hall–Kier alpha value is -1.49. The third-order valence-electron chi connectivity index (χ3n) is 3.74. The summed E-state index contributed by atoms with van der Waals surface area (Å²) in [5, 5.41) is 9.70. The highest BCUT2D eigenvalue weighted by Crippen LogP contribution is 2.30. The second-order valence-electron chi connectivity index (χ2n) is 6.17. The maximum atomic E-state index is 10.8. The molecule has 0 bridgehead atoms. The van der Waals surface area contributed by atoms with Crippen molar-refractivity contribution in [2.45, 2.75) is 45.8 Å². The van der Waals surface area contributed by atoms with Crippen LogP contribution < -0.4 is 0 Å². The first-order valence-electron chi connectivity index (χ1n) is 7.14. The van der Waals surface area contributed by atoms with E-state index in [0.717, 1.165) is 34.7 Å². The second-order valence-corrected chi connectivity index (χ2v) is 7.12. The molecule has 0 fully saturated rings. The molecule has 0 aliphatic carbocycles. The summed E-state index contributed by atoms with van der Waals surface area (Å²) in [5.74, 6) is -0.779. The number of benzene rings is 1. The van der Waals surface area contributed by atoms with Gasteiger partial charge in [0.1, 0.15) is 0 Å². The summed E-state index contributed by atoms with van der Waals surface area (Å²) in [6.07, 6.45) is 1.06. The molecule has 1 aromatic carbocycles. The Morgan fingerprint density at radius 1 is 1.43 bits per heavy atom. The van der Waals surface area contributed by atoms with Gasteiger partial charge in [0.15, 0.2) is 5.16 Å². The molecular formula is C16H22N2O2S. The first kappa shape index (κ1) is 15.9. The minimum Gasteiger partial charge on any atom is -0.481 e. The first-order chi connectivity index (χ1) is 9.82. The molecule has 0 aliphatic rings. The van der Waals surface area contributed by atoms with Crippen molar-refractivity contribution in [3.8, 4) is 0 Å². The SMILES string of the molecule is CCC(C)(C)Cn1c(SCC(=O)O)nc2cc(C)ccc21. The van der Waals surface area contributed by atoms with Crippen molar-refractivity contribution in [2.24, 2.45) is 5.41 Å². The number of rotatable bonds is 6. The van der Waals surface area contributed by atoms with Gasteiger partial charge < -0.3 is 9.67 Å². The Kier molecular flexibility index (Phi) is 4.61. The fraction of sp³-hybridized carbons (Fsp3) is 0.500. The highest BCUT2D eigenvalue weighted by molar-refractivity contribution is 7.99. The predicted molar refractivity (Wildman–Crippen MR) is 86.9 cm³/mol. The van der Waals surface area contributed by atoms with Gasteiger partial charge in [0.2, 0.25) is 0 Å². The highest BCUT2D eigenvalue weighted by atomic mass is 32.2. The molecule has 4 nitrogen and oxygen atoms in total. The van der Waals surface area contributed by atoms with E-state index in [1.54, 1.807) is 0 Å². The van der Waals surface area contributed by atoms with Crippen molar-refractivity contribution in [1.29, 1.82) is 0 Å². The fourth-order valence-corrected chi connectivity index (χ4v) is 2.88. The van der Waals surface area contributed by atoms with Gasteiger partial charge in [0.25, 0.3) is 0 Å². The van der Waals surface area contributed by atoms with E-state index in [1.165, 1.54) is 11.8 Å². The summed E-state index contributed by atoms with van der Waals surface area (Å²) in [6.45, 7) is 9.49. The zero-order valence-electron chi connectivity index (χ0n) is 13.0. The zero-order valence-corrected chi connectivity index (χ0v) is 13.8. The van der Waals surface area contributed by atoms with Crippen LogP contribution in [0.2, 0.25) is 0 Å². The molecule has 5 heteroatoms. The first-order valence-corrected chi connectivity index (χ1v) is 8.12.